The van der Waals surface area contributed by atoms with E-state index in [1.165, 1.54) is 11.1 Å². The van der Waals surface area contributed by atoms with Crippen LogP contribution in [0.25, 0.3) is 5.69 Å². The molecule has 0 aliphatic rings. The highest BCUT2D eigenvalue weighted by Gasteiger charge is 2.06. The van der Waals surface area contributed by atoms with Gasteiger partial charge in [0.15, 0.2) is 0 Å². The minimum absolute atomic E-state index is 0.0617. The third kappa shape index (κ3) is 1.61. The quantitative estimate of drug-likeness (QED) is 0.755. The number of aryl methyl sites for hydroxylation is 2. The molecule has 2 aromatic rings. The molecule has 0 saturated carbocycles. The molecule has 1 aromatic heterocycles. The van der Waals surface area contributed by atoms with Gasteiger partial charge in [-0.25, -0.2) is 0 Å². The minimum Gasteiger partial charge on any atom is -0.268 e. The molecule has 15 heavy (non-hydrogen) atoms. The normalized spacial score (nSPS) is 10.6. The van der Waals surface area contributed by atoms with Gasteiger partial charge in [-0.15, -0.1) is 0 Å². The first-order valence-corrected chi connectivity index (χ1v) is 4.95. The molecular weight excluding hydrogens is 188 g/mol. The molecule has 2 rings (SSSR count). The van der Waals surface area contributed by atoms with Crippen molar-refractivity contribution in [3.8, 4) is 5.69 Å². The van der Waals surface area contributed by atoms with Gasteiger partial charge in [-0.3, -0.25) is 14.6 Å². The highest BCUT2D eigenvalue weighted by atomic mass is 16.1. The van der Waals surface area contributed by atoms with E-state index in [1.807, 2.05) is 23.7 Å². The lowest BCUT2D eigenvalue weighted by atomic mass is 10.1. The average molecular weight is 202 g/mol. The summed E-state index contributed by atoms with van der Waals surface area (Å²) in [4.78, 5) is 11.2. The van der Waals surface area contributed by atoms with Gasteiger partial charge in [0, 0.05) is 11.8 Å². The third-order valence-corrected chi connectivity index (χ3v) is 2.73. The van der Waals surface area contributed by atoms with Crippen LogP contribution in [0.1, 0.15) is 16.8 Å². The average Bonchev–Trinajstić information content (AvgIpc) is 2.50. The van der Waals surface area contributed by atoms with Gasteiger partial charge in [0.25, 0.3) is 5.56 Å². The summed E-state index contributed by atoms with van der Waals surface area (Å²) in [5.41, 5.74) is 4.31. The van der Waals surface area contributed by atoms with Crippen molar-refractivity contribution < 1.29 is 0 Å². The zero-order valence-corrected chi connectivity index (χ0v) is 9.16. The van der Waals surface area contributed by atoms with E-state index in [2.05, 4.69) is 25.0 Å². The van der Waals surface area contributed by atoms with Crippen LogP contribution in [0.3, 0.4) is 0 Å². The standard InChI is InChI=1S/C12H14N2O/c1-8-5-4-6-11(10(8)3)14-9(2)7-12(15)13-14/h4-7H,1-3H3,(H,13,15). The molecule has 0 saturated heterocycles. The molecule has 3 nitrogen and oxygen atoms in total. The fourth-order valence-electron chi connectivity index (χ4n) is 1.71. The molecule has 0 unspecified atom stereocenters. The van der Waals surface area contributed by atoms with Crippen LogP contribution in [0, 0.1) is 20.8 Å². The summed E-state index contributed by atoms with van der Waals surface area (Å²) in [5.74, 6) is 0. The fraction of sp³-hybridized carbons (Fsp3) is 0.250. The van der Waals surface area contributed by atoms with Gasteiger partial charge in [0.2, 0.25) is 0 Å². The molecule has 1 aromatic carbocycles. The van der Waals surface area contributed by atoms with Crippen molar-refractivity contribution in [1.82, 2.24) is 9.78 Å². The Labute approximate surface area is 88.4 Å². The van der Waals surface area contributed by atoms with E-state index < -0.39 is 0 Å². The van der Waals surface area contributed by atoms with Crippen LogP contribution in [0.15, 0.2) is 29.1 Å². The molecular formula is C12H14N2O. The first-order chi connectivity index (χ1) is 7.09. The number of aromatic amines is 1. The summed E-state index contributed by atoms with van der Waals surface area (Å²) < 4.78 is 1.82. The van der Waals surface area contributed by atoms with E-state index in [-0.39, 0.29) is 5.56 Å². The van der Waals surface area contributed by atoms with Crippen molar-refractivity contribution in [2.45, 2.75) is 20.8 Å². The summed E-state index contributed by atoms with van der Waals surface area (Å²) in [6, 6.07) is 7.66. The molecule has 0 fully saturated rings. The Balaban J connectivity index is 2.69. The summed E-state index contributed by atoms with van der Waals surface area (Å²) in [7, 11) is 0. The first kappa shape index (κ1) is 9.77. The molecule has 78 valence electrons. The predicted octanol–water partition coefficient (Wildman–Crippen LogP) is 2.09. The molecule has 3 heteroatoms. The van der Waals surface area contributed by atoms with Gasteiger partial charge in [0.05, 0.1) is 5.69 Å². The Kier molecular flexibility index (Phi) is 2.23. The summed E-state index contributed by atoms with van der Waals surface area (Å²) >= 11 is 0. The van der Waals surface area contributed by atoms with Crippen LogP contribution in [0.4, 0.5) is 0 Å². The second-order valence-corrected chi connectivity index (χ2v) is 3.82. The maximum Gasteiger partial charge on any atom is 0.264 e. The van der Waals surface area contributed by atoms with Crippen LogP contribution in [0.2, 0.25) is 0 Å². The van der Waals surface area contributed by atoms with Gasteiger partial charge >= 0.3 is 0 Å². The smallest absolute Gasteiger partial charge is 0.264 e. The van der Waals surface area contributed by atoms with E-state index in [4.69, 9.17) is 0 Å². The number of nitrogens with one attached hydrogen (secondary N) is 1. The monoisotopic (exact) mass is 202 g/mol. The maximum atomic E-state index is 11.2. The Hall–Kier alpha value is -1.77. The molecule has 1 heterocycles. The third-order valence-electron chi connectivity index (χ3n) is 2.73. The zero-order valence-electron chi connectivity index (χ0n) is 9.16. The number of aromatic nitrogens is 2. The lowest BCUT2D eigenvalue weighted by molar-refractivity contribution is 0.826. The summed E-state index contributed by atoms with van der Waals surface area (Å²) in [6.07, 6.45) is 0. The van der Waals surface area contributed by atoms with Crippen molar-refractivity contribution in [2.75, 3.05) is 0 Å². The zero-order chi connectivity index (χ0) is 11.0. The Morgan fingerprint density at radius 3 is 2.53 bits per heavy atom. The van der Waals surface area contributed by atoms with Gasteiger partial charge < -0.3 is 0 Å². The van der Waals surface area contributed by atoms with E-state index in [0.29, 0.717) is 0 Å². The number of hydrogen-bond donors (Lipinski definition) is 1. The van der Waals surface area contributed by atoms with Crippen LogP contribution in [-0.4, -0.2) is 9.78 Å². The number of benzene rings is 1. The summed E-state index contributed by atoms with van der Waals surface area (Å²) in [6.45, 7) is 6.04. The van der Waals surface area contributed by atoms with E-state index in [9.17, 15) is 4.79 Å². The van der Waals surface area contributed by atoms with E-state index in [0.717, 1.165) is 11.4 Å². The number of rotatable bonds is 1. The number of H-pyrrole nitrogens is 1. The van der Waals surface area contributed by atoms with Crippen LogP contribution in [0.5, 0.6) is 0 Å². The number of hydrogen-bond acceptors (Lipinski definition) is 1. The molecule has 0 aliphatic carbocycles. The van der Waals surface area contributed by atoms with E-state index >= 15 is 0 Å². The first-order valence-electron chi connectivity index (χ1n) is 4.95. The van der Waals surface area contributed by atoms with E-state index in [1.54, 1.807) is 6.07 Å². The highest BCUT2D eigenvalue weighted by Crippen LogP contribution is 2.17. The Morgan fingerprint density at radius 2 is 1.93 bits per heavy atom. The molecule has 1 N–H and O–H groups in total. The van der Waals surface area contributed by atoms with Crippen LogP contribution in [-0.2, 0) is 0 Å². The highest BCUT2D eigenvalue weighted by molar-refractivity contribution is 5.44. The maximum absolute atomic E-state index is 11.2. The van der Waals surface area contributed by atoms with Crippen LogP contribution < -0.4 is 5.56 Å². The largest absolute Gasteiger partial charge is 0.268 e. The molecule has 0 bridgehead atoms. The minimum atomic E-state index is -0.0617. The SMILES string of the molecule is Cc1cccc(-n2[nH]c(=O)cc2C)c1C. The molecule has 0 atom stereocenters. The Morgan fingerprint density at radius 1 is 1.20 bits per heavy atom. The molecule has 0 amide bonds. The van der Waals surface area contributed by atoms with Crippen LogP contribution >= 0.6 is 0 Å². The fourth-order valence-corrected chi connectivity index (χ4v) is 1.71. The Bertz CT molecular complexity index is 549. The van der Waals surface area contributed by atoms with Crippen molar-refractivity contribution in [3.63, 3.8) is 0 Å². The van der Waals surface area contributed by atoms with Crippen molar-refractivity contribution in [3.05, 3.63) is 51.4 Å². The van der Waals surface area contributed by atoms with Crippen molar-refractivity contribution in [2.24, 2.45) is 0 Å². The van der Waals surface area contributed by atoms with Crippen molar-refractivity contribution in [1.29, 1.82) is 0 Å². The number of nitrogens with zero attached hydrogens (tertiary/aromatic N) is 1. The molecule has 0 spiro atoms. The molecule has 0 aliphatic heterocycles. The van der Waals surface area contributed by atoms with Crippen molar-refractivity contribution >= 4 is 0 Å². The summed E-state index contributed by atoms with van der Waals surface area (Å²) in [5, 5.41) is 2.79. The van der Waals surface area contributed by atoms with Gasteiger partial charge in [-0.1, -0.05) is 12.1 Å². The lowest BCUT2D eigenvalue weighted by Crippen LogP contribution is -2.06. The second kappa shape index (κ2) is 3.42. The topological polar surface area (TPSA) is 37.8 Å². The van der Waals surface area contributed by atoms with Gasteiger partial charge in [-0.05, 0) is 38.0 Å². The second-order valence-electron chi connectivity index (χ2n) is 3.82. The predicted molar refractivity (Wildman–Crippen MR) is 60.6 cm³/mol. The van der Waals surface area contributed by atoms with Gasteiger partial charge in [0.1, 0.15) is 0 Å². The lowest BCUT2D eigenvalue weighted by Gasteiger charge is -2.10. The van der Waals surface area contributed by atoms with Gasteiger partial charge in [-0.2, -0.15) is 0 Å². The molecule has 0 radical (unpaired) electrons.